The molecule has 38 heavy (non-hydrogen) atoms. The van der Waals surface area contributed by atoms with Gasteiger partial charge in [0.1, 0.15) is 0 Å². The quantitative estimate of drug-likeness (QED) is 0.310. The zero-order valence-electron chi connectivity index (χ0n) is 21.2. The molecule has 1 amide bonds. The van der Waals surface area contributed by atoms with Crippen molar-refractivity contribution in [3.05, 3.63) is 70.1 Å². The van der Waals surface area contributed by atoms with Crippen molar-refractivity contribution in [2.24, 2.45) is 0 Å². The molecular weight excluding hydrogens is 512 g/mol. The average molecular weight is 537 g/mol. The Balaban J connectivity index is 1.71. The van der Waals surface area contributed by atoms with Crippen LogP contribution in [0.3, 0.4) is 0 Å². The fourth-order valence-electron chi connectivity index (χ4n) is 4.50. The maximum absolute atomic E-state index is 13.9. The molecule has 4 aromatic rings. The lowest BCUT2D eigenvalue weighted by molar-refractivity contribution is -0.117. The summed E-state index contributed by atoms with van der Waals surface area (Å²) in [7, 11) is 5.89. The third-order valence-electron chi connectivity index (χ3n) is 6.22. The number of hydrogen-bond acceptors (Lipinski definition) is 10. The molecule has 5 rings (SSSR count). The first kappa shape index (κ1) is 25.2. The number of ketones is 1. The molecular formula is C27H24N2O8S. The second kappa shape index (κ2) is 9.75. The molecule has 0 spiro atoms. The van der Waals surface area contributed by atoms with E-state index in [-0.39, 0.29) is 11.3 Å². The number of aromatic nitrogens is 1. The Labute approximate surface area is 221 Å². The highest BCUT2D eigenvalue weighted by Crippen LogP contribution is 2.47. The number of Topliss-reactive ketones (excluding diaryl/α,β-unsaturated/α-hetero) is 1. The van der Waals surface area contributed by atoms with Crippen LogP contribution in [-0.2, 0) is 4.79 Å². The molecule has 1 N–H and O–H groups in total. The minimum absolute atomic E-state index is 0.0616. The molecule has 0 radical (unpaired) electrons. The minimum atomic E-state index is -1.07. The summed E-state index contributed by atoms with van der Waals surface area (Å²) in [6.45, 7) is 1.79. The zero-order valence-corrected chi connectivity index (χ0v) is 22.0. The lowest BCUT2D eigenvalue weighted by Gasteiger charge is -2.25. The number of aryl methyl sites for hydroxylation is 1. The first-order valence-corrected chi connectivity index (χ1v) is 12.3. The molecule has 0 saturated carbocycles. The van der Waals surface area contributed by atoms with Crippen molar-refractivity contribution in [1.29, 1.82) is 0 Å². The normalized spacial score (nSPS) is 15.3. The van der Waals surface area contributed by atoms with Crippen LogP contribution in [0.5, 0.6) is 23.0 Å². The van der Waals surface area contributed by atoms with E-state index in [4.69, 9.17) is 23.4 Å². The number of aliphatic hydroxyl groups is 1. The van der Waals surface area contributed by atoms with Crippen molar-refractivity contribution in [2.75, 3.05) is 33.3 Å². The summed E-state index contributed by atoms with van der Waals surface area (Å²) in [5, 5.41) is 13.8. The molecule has 196 valence electrons. The van der Waals surface area contributed by atoms with Crippen molar-refractivity contribution in [2.45, 2.75) is 13.0 Å². The monoisotopic (exact) mass is 536 g/mol. The van der Waals surface area contributed by atoms with Crippen LogP contribution in [0.15, 0.2) is 57.5 Å². The second-order valence-electron chi connectivity index (χ2n) is 8.39. The molecule has 3 heterocycles. The number of amides is 1. The van der Waals surface area contributed by atoms with Gasteiger partial charge in [-0.3, -0.25) is 14.5 Å². The number of anilines is 1. The van der Waals surface area contributed by atoms with E-state index in [1.165, 1.54) is 44.7 Å². The Kier molecular flexibility index (Phi) is 6.45. The van der Waals surface area contributed by atoms with Gasteiger partial charge in [-0.25, -0.2) is 4.98 Å². The summed E-state index contributed by atoms with van der Waals surface area (Å²) in [5.74, 6) is -0.776. The molecule has 11 heteroatoms. The number of rotatable bonds is 8. The van der Waals surface area contributed by atoms with Crippen LogP contribution in [-0.4, -0.2) is 50.2 Å². The Morgan fingerprint density at radius 2 is 1.71 bits per heavy atom. The number of benzene rings is 2. The van der Waals surface area contributed by atoms with Gasteiger partial charge in [0.15, 0.2) is 39.5 Å². The van der Waals surface area contributed by atoms with Crippen molar-refractivity contribution >= 4 is 39.1 Å². The molecule has 1 aliphatic heterocycles. The lowest BCUT2D eigenvalue weighted by Crippen LogP contribution is -2.31. The Bertz CT molecular complexity index is 1580. The van der Waals surface area contributed by atoms with Crippen LogP contribution in [0.2, 0.25) is 0 Å². The summed E-state index contributed by atoms with van der Waals surface area (Å²) >= 11 is 1.21. The number of hydrogen-bond donors (Lipinski definition) is 1. The van der Waals surface area contributed by atoms with Gasteiger partial charge >= 0.3 is 0 Å². The number of ether oxygens (including phenoxy) is 4. The average Bonchev–Trinajstić information content (AvgIpc) is 3.63. The van der Waals surface area contributed by atoms with Crippen LogP contribution >= 0.6 is 11.3 Å². The van der Waals surface area contributed by atoms with Gasteiger partial charge in [-0.05, 0) is 36.8 Å². The number of carbonyl (C=O) groups is 2. The van der Waals surface area contributed by atoms with Gasteiger partial charge in [0, 0.05) is 10.8 Å². The summed E-state index contributed by atoms with van der Waals surface area (Å²) in [6.07, 6.45) is 0. The number of para-hydroxylation sites is 1. The molecule has 2 aromatic heterocycles. The maximum Gasteiger partial charge on any atom is 0.296 e. The van der Waals surface area contributed by atoms with Crippen LogP contribution in [0.1, 0.15) is 27.9 Å². The van der Waals surface area contributed by atoms with Gasteiger partial charge in [-0.15, -0.1) is 11.3 Å². The van der Waals surface area contributed by atoms with Crippen LogP contribution < -0.4 is 23.8 Å². The van der Waals surface area contributed by atoms with E-state index in [0.29, 0.717) is 50.4 Å². The van der Waals surface area contributed by atoms with Gasteiger partial charge in [0.25, 0.3) is 5.91 Å². The van der Waals surface area contributed by atoms with Crippen molar-refractivity contribution < 1.29 is 38.1 Å². The highest BCUT2D eigenvalue weighted by Gasteiger charge is 2.47. The molecule has 0 fully saturated rings. The highest BCUT2D eigenvalue weighted by atomic mass is 32.1. The third kappa shape index (κ3) is 3.91. The summed E-state index contributed by atoms with van der Waals surface area (Å²) in [6, 6.07) is 8.98. The van der Waals surface area contributed by atoms with Crippen molar-refractivity contribution in [3.63, 3.8) is 0 Å². The van der Waals surface area contributed by atoms with Crippen LogP contribution in [0, 0.1) is 6.92 Å². The fourth-order valence-corrected chi connectivity index (χ4v) is 5.33. The standard InChI is InChI=1S/C27H24N2O8S/c1-13-12-38-27(28-13)29-21(15-10-18(34-3)25(36-5)19(11-15)35-4)20(23(31)26(29)32)22(30)17-9-14-7-6-8-16(33-2)24(14)37-17/h6-12,21,31H,1-5H3. The highest BCUT2D eigenvalue weighted by molar-refractivity contribution is 7.14. The maximum atomic E-state index is 13.9. The van der Waals surface area contributed by atoms with E-state index >= 15 is 0 Å². The summed E-state index contributed by atoms with van der Waals surface area (Å²) in [5.41, 5.74) is 1.32. The number of thiazole rings is 1. The first-order valence-electron chi connectivity index (χ1n) is 11.4. The van der Waals surface area contributed by atoms with E-state index in [2.05, 4.69) is 4.98 Å². The van der Waals surface area contributed by atoms with Gasteiger partial charge in [0.2, 0.25) is 11.5 Å². The predicted molar refractivity (Wildman–Crippen MR) is 140 cm³/mol. The minimum Gasteiger partial charge on any atom is -0.503 e. The second-order valence-corrected chi connectivity index (χ2v) is 9.23. The van der Waals surface area contributed by atoms with Crippen molar-refractivity contribution in [3.8, 4) is 23.0 Å². The van der Waals surface area contributed by atoms with Gasteiger partial charge in [0.05, 0.1) is 45.7 Å². The number of nitrogens with zero attached hydrogens (tertiary/aromatic N) is 2. The van der Waals surface area contributed by atoms with Crippen LogP contribution in [0.4, 0.5) is 5.13 Å². The zero-order chi connectivity index (χ0) is 27.1. The van der Waals surface area contributed by atoms with Gasteiger partial charge < -0.3 is 28.5 Å². The Morgan fingerprint density at radius 3 is 2.29 bits per heavy atom. The number of fused-ring (bicyclic) bond motifs is 1. The van der Waals surface area contributed by atoms with E-state index < -0.39 is 23.5 Å². The smallest absolute Gasteiger partial charge is 0.296 e. The molecule has 0 aliphatic carbocycles. The number of carbonyl (C=O) groups excluding carboxylic acids is 2. The largest absolute Gasteiger partial charge is 0.503 e. The van der Waals surface area contributed by atoms with E-state index in [0.717, 1.165) is 0 Å². The van der Waals surface area contributed by atoms with Crippen LogP contribution in [0.25, 0.3) is 11.0 Å². The molecule has 0 bridgehead atoms. The van der Waals surface area contributed by atoms with Gasteiger partial charge in [-0.2, -0.15) is 0 Å². The van der Waals surface area contributed by atoms with E-state index in [1.54, 1.807) is 48.7 Å². The lowest BCUT2D eigenvalue weighted by atomic mass is 9.94. The number of furan rings is 1. The van der Waals surface area contributed by atoms with Gasteiger partial charge in [-0.1, -0.05) is 12.1 Å². The fraction of sp³-hybridized carbons (Fsp3) is 0.222. The molecule has 1 aliphatic rings. The van der Waals surface area contributed by atoms with Crippen molar-refractivity contribution in [1.82, 2.24) is 4.98 Å². The number of aliphatic hydroxyl groups excluding tert-OH is 1. The first-order chi connectivity index (χ1) is 18.3. The topological polar surface area (TPSA) is 121 Å². The summed E-state index contributed by atoms with van der Waals surface area (Å²) < 4.78 is 27.7. The molecule has 10 nitrogen and oxygen atoms in total. The molecule has 1 unspecified atom stereocenters. The van der Waals surface area contributed by atoms with E-state index in [9.17, 15) is 14.7 Å². The van der Waals surface area contributed by atoms with E-state index in [1.807, 2.05) is 0 Å². The third-order valence-corrected chi connectivity index (χ3v) is 7.18. The Hall–Kier alpha value is -4.51. The predicted octanol–water partition coefficient (Wildman–Crippen LogP) is 5.02. The SMILES string of the molecule is COc1cc(C2C(C(=O)c3cc4cccc(OC)c4o3)=C(O)C(=O)N2c2nc(C)cs2)cc(OC)c1OC. The molecule has 2 aromatic carbocycles. The Morgan fingerprint density at radius 1 is 1.03 bits per heavy atom. The molecule has 0 saturated heterocycles. The number of methoxy groups -OCH3 is 4. The summed E-state index contributed by atoms with van der Waals surface area (Å²) in [4.78, 5) is 33.1. The molecule has 1 atom stereocenters.